The molecule has 0 radical (unpaired) electrons. The number of nitrogens with one attached hydrogen (secondary N) is 1. The van der Waals surface area contributed by atoms with Gasteiger partial charge < -0.3 is 15.0 Å². The van der Waals surface area contributed by atoms with Crippen molar-refractivity contribution in [1.29, 1.82) is 0 Å². The normalized spacial score (nSPS) is 23.4. The zero-order chi connectivity index (χ0) is 17.0. The summed E-state index contributed by atoms with van der Waals surface area (Å²) in [5.74, 6) is 1.01. The first-order chi connectivity index (χ1) is 11.7. The van der Waals surface area contributed by atoms with Crippen molar-refractivity contribution in [2.45, 2.75) is 45.1 Å². The average Bonchev–Trinajstić information content (AvgIpc) is 3.25. The minimum Gasteiger partial charge on any atom is -0.370 e. The molecule has 2 aliphatic rings. The molecule has 6 nitrogen and oxygen atoms in total. The topological polar surface area (TPSA) is 54.7 Å². The molecule has 1 aromatic rings. The van der Waals surface area contributed by atoms with Gasteiger partial charge in [0.2, 0.25) is 0 Å². The quantitative estimate of drug-likeness (QED) is 0.426. The molecule has 3 rings (SSSR count). The van der Waals surface area contributed by atoms with E-state index in [0.29, 0.717) is 5.41 Å². The summed E-state index contributed by atoms with van der Waals surface area (Å²) >= 11 is 0. The second-order valence-corrected chi connectivity index (χ2v) is 7.21. The Kier molecular flexibility index (Phi) is 7.54. The predicted octanol–water partition coefficient (Wildman–Crippen LogP) is 2.96. The number of halogens is 1. The third kappa shape index (κ3) is 4.87. The van der Waals surface area contributed by atoms with Crippen molar-refractivity contribution in [2.24, 2.45) is 17.5 Å². The summed E-state index contributed by atoms with van der Waals surface area (Å²) in [4.78, 5) is 6.85. The summed E-state index contributed by atoms with van der Waals surface area (Å²) < 4.78 is 7.77. The lowest BCUT2D eigenvalue weighted by Gasteiger charge is -2.36. The minimum absolute atomic E-state index is 0. The van der Waals surface area contributed by atoms with E-state index in [9.17, 15) is 0 Å². The Labute approximate surface area is 168 Å². The van der Waals surface area contributed by atoms with Crippen LogP contribution in [-0.2, 0) is 11.8 Å². The van der Waals surface area contributed by atoms with E-state index in [2.05, 4.69) is 27.2 Å². The fourth-order valence-corrected chi connectivity index (χ4v) is 4.03. The summed E-state index contributed by atoms with van der Waals surface area (Å²) in [6.45, 7) is 5.78. The SMILES string of the molecule is CCC1(CNC(=NC)N2CCOC(c3cnn(C)c3)C2)CCCC1.I. The number of morpholine rings is 1. The monoisotopic (exact) mass is 461 g/mol. The average molecular weight is 461 g/mol. The van der Waals surface area contributed by atoms with Gasteiger partial charge in [-0.3, -0.25) is 9.67 Å². The number of rotatable bonds is 4. The Morgan fingerprint density at radius 1 is 1.44 bits per heavy atom. The molecule has 1 saturated carbocycles. The summed E-state index contributed by atoms with van der Waals surface area (Å²) in [6.07, 6.45) is 10.7. The lowest BCUT2D eigenvalue weighted by Crippen LogP contribution is -2.50. The third-order valence-corrected chi connectivity index (χ3v) is 5.71. The third-order valence-electron chi connectivity index (χ3n) is 5.71. The Morgan fingerprint density at radius 3 is 2.80 bits per heavy atom. The van der Waals surface area contributed by atoms with Crippen LogP contribution in [0.15, 0.2) is 17.4 Å². The number of aromatic nitrogens is 2. The van der Waals surface area contributed by atoms with E-state index in [1.54, 1.807) is 0 Å². The van der Waals surface area contributed by atoms with E-state index in [1.165, 1.54) is 32.1 Å². The summed E-state index contributed by atoms with van der Waals surface area (Å²) in [5.41, 5.74) is 1.60. The molecule has 2 heterocycles. The highest BCUT2D eigenvalue weighted by Gasteiger charge is 2.33. The molecular weight excluding hydrogens is 429 g/mol. The van der Waals surface area contributed by atoms with E-state index in [1.807, 2.05) is 31.2 Å². The second kappa shape index (κ2) is 9.21. The molecule has 0 amide bonds. The molecule has 0 bridgehead atoms. The Bertz CT molecular complexity index is 568. The molecule has 1 unspecified atom stereocenters. The standard InChI is InChI=1S/C18H31N5O.HI/c1-4-18(7-5-6-8-18)14-20-17(19-2)23-9-10-24-16(13-23)15-11-21-22(3)12-15;/h11-12,16H,4-10,13-14H2,1-3H3,(H,19,20);1H. The first kappa shape index (κ1) is 20.5. The summed E-state index contributed by atoms with van der Waals surface area (Å²) in [5, 5.41) is 7.91. The van der Waals surface area contributed by atoms with Crippen LogP contribution in [0.2, 0.25) is 0 Å². The van der Waals surface area contributed by atoms with Crippen LogP contribution < -0.4 is 5.32 Å². The van der Waals surface area contributed by atoms with Crippen LogP contribution in [0.4, 0.5) is 0 Å². The van der Waals surface area contributed by atoms with E-state index >= 15 is 0 Å². The zero-order valence-electron chi connectivity index (χ0n) is 15.7. The Balaban J connectivity index is 0.00000225. The molecule has 1 aromatic heterocycles. The van der Waals surface area contributed by atoms with Gasteiger partial charge in [0.1, 0.15) is 6.10 Å². The highest BCUT2D eigenvalue weighted by atomic mass is 127. The maximum absolute atomic E-state index is 5.94. The van der Waals surface area contributed by atoms with Crippen LogP contribution in [0, 0.1) is 5.41 Å². The number of ether oxygens (including phenoxy) is 1. The highest BCUT2D eigenvalue weighted by molar-refractivity contribution is 14.0. The van der Waals surface area contributed by atoms with Gasteiger partial charge in [-0.1, -0.05) is 19.8 Å². The number of nitrogens with zero attached hydrogens (tertiary/aromatic N) is 4. The van der Waals surface area contributed by atoms with Crippen LogP contribution >= 0.6 is 24.0 Å². The molecule has 7 heteroatoms. The van der Waals surface area contributed by atoms with Gasteiger partial charge in [-0.15, -0.1) is 24.0 Å². The Hall–Kier alpha value is -0.830. The van der Waals surface area contributed by atoms with Crippen LogP contribution in [0.5, 0.6) is 0 Å². The Morgan fingerprint density at radius 2 is 2.20 bits per heavy atom. The van der Waals surface area contributed by atoms with E-state index < -0.39 is 0 Å². The fraction of sp³-hybridized carbons (Fsp3) is 0.778. The van der Waals surface area contributed by atoms with Gasteiger partial charge in [-0.05, 0) is 24.7 Å². The van der Waals surface area contributed by atoms with Crippen LogP contribution in [0.1, 0.15) is 50.7 Å². The predicted molar refractivity (Wildman–Crippen MR) is 111 cm³/mol. The van der Waals surface area contributed by atoms with Gasteiger partial charge in [0.25, 0.3) is 0 Å². The zero-order valence-corrected chi connectivity index (χ0v) is 18.0. The molecular formula is C18H32IN5O. The number of hydrogen-bond donors (Lipinski definition) is 1. The van der Waals surface area contributed by atoms with Gasteiger partial charge in [0.05, 0.1) is 19.3 Å². The molecule has 2 fully saturated rings. The van der Waals surface area contributed by atoms with Crippen molar-refractivity contribution >= 4 is 29.9 Å². The molecule has 0 aromatic carbocycles. The van der Waals surface area contributed by atoms with E-state index in [4.69, 9.17) is 4.74 Å². The maximum Gasteiger partial charge on any atom is 0.193 e. The molecule has 1 atom stereocenters. The maximum atomic E-state index is 5.94. The number of aryl methyl sites for hydroxylation is 1. The van der Waals surface area contributed by atoms with Crippen LogP contribution in [0.3, 0.4) is 0 Å². The van der Waals surface area contributed by atoms with Gasteiger partial charge in [0.15, 0.2) is 5.96 Å². The molecule has 1 N–H and O–H groups in total. The van der Waals surface area contributed by atoms with Gasteiger partial charge in [-0.2, -0.15) is 5.10 Å². The number of guanidine groups is 1. The van der Waals surface area contributed by atoms with Crippen LogP contribution in [-0.4, -0.2) is 53.9 Å². The number of aliphatic imine (C=N–C) groups is 1. The van der Waals surface area contributed by atoms with Crippen LogP contribution in [0.25, 0.3) is 0 Å². The van der Waals surface area contributed by atoms with Crippen molar-refractivity contribution in [3.63, 3.8) is 0 Å². The largest absolute Gasteiger partial charge is 0.370 e. The van der Waals surface area contributed by atoms with E-state index in [0.717, 1.165) is 37.8 Å². The first-order valence-corrected chi connectivity index (χ1v) is 9.21. The highest BCUT2D eigenvalue weighted by Crippen LogP contribution is 2.40. The van der Waals surface area contributed by atoms with Crippen molar-refractivity contribution in [2.75, 3.05) is 33.3 Å². The lowest BCUT2D eigenvalue weighted by atomic mass is 9.83. The smallest absolute Gasteiger partial charge is 0.193 e. The van der Waals surface area contributed by atoms with Gasteiger partial charge in [0, 0.05) is 38.9 Å². The summed E-state index contributed by atoms with van der Waals surface area (Å²) in [7, 11) is 3.82. The second-order valence-electron chi connectivity index (χ2n) is 7.21. The van der Waals surface area contributed by atoms with Gasteiger partial charge in [-0.25, -0.2) is 0 Å². The van der Waals surface area contributed by atoms with E-state index in [-0.39, 0.29) is 30.1 Å². The minimum atomic E-state index is 0. The fourth-order valence-electron chi connectivity index (χ4n) is 4.03. The van der Waals surface area contributed by atoms with Crippen molar-refractivity contribution in [3.8, 4) is 0 Å². The van der Waals surface area contributed by atoms with Gasteiger partial charge >= 0.3 is 0 Å². The number of hydrogen-bond acceptors (Lipinski definition) is 3. The molecule has 1 saturated heterocycles. The molecule has 142 valence electrons. The molecule has 1 aliphatic carbocycles. The van der Waals surface area contributed by atoms with Crippen molar-refractivity contribution in [1.82, 2.24) is 20.0 Å². The summed E-state index contributed by atoms with van der Waals surface area (Å²) in [6, 6.07) is 0. The first-order valence-electron chi connectivity index (χ1n) is 9.21. The molecule has 0 spiro atoms. The van der Waals surface area contributed by atoms with Crippen molar-refractivity contribution in [3.05, 3.63) is 18.0 Å². The molecule has 25 heavy (non-hydrogen) atoms. The lowest BCUT2D eigenvalue weighted by molar-refractivity contribution is -0.00821. The molecule has 1 aliphatic heterocycles. The van der Waals surface area contributed by atoms with Crippen molar-refractivity contribution < 1.29 is 4.74 Å².